The first-order valence-electron chi connectivity index (χ1n) is 9.24. The predicted molar refractivity (Wildman–Crippen MR) is 121 cm³/mol. The standard InChI is InChI=1S/C22H23N3O3S2/c1-25(2)30(27,28)19-14-12-17(13-15-19)24-22(26)16-23-20-10-6-7-11-21(20)29-18-8-4-3-5-9-18/h3-15,23H,16H2,1-2H3,(H,24,26). The van der Waals surface area contributed by atoms with Gasteiger partial charge in [0.15, 0.2) is 0 Å². The van der Waals surface area contributed by atoms with Crippen LogP contribution in [-0.4, -0.2) is 39.3 Å². The van der Waals surface area contributed by atoms with E-state index in [1.165, 1.54) is 26.2 Å². The van der Waals surface area contributed by atoms with Crippen molar-refractivity contribution in [1.29, 1.82) is 0 Å². The molecule has 3 aromatic rings. The van der Waals surface area contributed by atoms with Crippen LogP contribution in [0.15, 0.2) is 93.5 Å². The van der Waals surface area contributed by atoms with Gasteiger partial charge in [-0.15, -0.1) is 0 Å². The number of anilines is 2. The first-order chi connectivity index (χ1) is 14.4. The summed E-state index contributed by atoms with van der Waals surface area (Å²) in [7, 11) is -0.539. The number of nitrogens with one attached hydrogen (secondary N) is 2. The average molecular weight is 442 g/mol. The Kier molecular flexibility index (Phi) is 7.15. The van der Waals surface area contributed by atoms with Gasteiger partial charge in [0.25, 0.3) is 0 Å². The van der Waals surface area contributed by atoms with Crippen LogP contribution in [0.25, 0.3) is 0 Å². The monoisotopic (exact) mass is 441 g/mol. The summed E-state index contributed by atoms with van der Waals surface area (Å²) in [5.41, 5.74) is 1.40. The number of sulfonamides is 1. The third kappa shape index (κ3) is 5.63. The molecule has 0 aliphatic carbocycles. The molecule has 1 amide bonds. The Bertz CT molecular complexity index is 1100. The molecule has 0 saturated heterocycles. The smallest absolute Gasteiger partial charge is 0.243 e. The Morgan fingerprint density at radius 1 is 0.900 bits per heavy atom. The normalized spacial score (nSPS) is 11.3. The van der Waals surface area contributed by atoms with Gasteiger partial charge in [-0.2, -0.15) is 0 Å². The van der Waals surface area contributed by atoms with Crippen LogP contribution in [0.1, 0.15) is 0 Å². The van der Waals surface area contributed by atoms with E-state index in [2.05, 4.69) is 10.6 Å². The van der Waals surface area contributed by atoms with Crippen molar-refractivity contribution in [2.45, 2.75) is 14.7 Å². The first-order valence-corrected chi connectivity index (χ1v) is 11.5. The number of benzene rings is 3. The fourth-order valence-corrected chi connectivity index (χ4v) is 4.46. The van der Waals surface area contributed by atoms with E-state index in [4.69, 9.17) is 0 Å². The minimum Gasteiger partial charge on any atom is -0.375 e. The zero-order valence-electron chi connectivity index (χ0n) is 16.7. The van der Waals surface area contributed by atoms with Crippen molar-refractivity contribution in [1.82, 2.24) is 4.31 Å². The van der Waals surface area contributed by atoms with Crippen molar-refractivity contribution in [3.63, 3.8) is 0 Å². The second-order valence-electron chi connectivity index (χ2n) is 6.62. The lowest BCUT2D eigenvalue weighted by atomic mass is 10.3. The quantitative estimate of drug-likeness (QED) is 0.549. The third-order valence-corrected chi connectivity index (χ3v) is 7.13. The van der Waals surface area contributed by atoms with E-state index >= 15 is 0 Å². The number of nitrogens with zero attached hydrogens (tertiary/aromatic N) is 1. The molecule has 0 unspecified atom stereocenters. The van der Waals surface area contributed by atoms with E-state index in [0.717, 1.165) is 19.8 Å². The highest BCUT2D eigenvalue weighted by molar-refractivity contribution is 7.99. The molecule has 0 saturated carbocycles. The Labute approximate surface area is 181 Å². The third-order valence-electron chi connectivity index (χ3n) is 4.21. The van der Waals surface area contributed by atoms with E-state index in [9.17, 15) is 13.2 Å². The van der Waals surface area contributed by atoms with Crippen molar-refractivity contribution in [3.8, 4) is 0 Å². The molecule has 3 rings (SSSR count). The summed E-state index contributed by atoms with van der Waals surface area (Å²) >= 11 is 1.62. The maximum atomic E-state index is 12.3. The van der Waals surface area contributed by atoms with Crippen LogP contribution in [-0.2, 0) is 14.8 Å². The van der Waals surface area contributed by atoms with E-state index in [0.29, 0.717) is 5.69 Å². The Balaban J connectivity index is 1.60. The van der Waals surface area contributed by atoms with Gasteiger partial charge in [0.2, 0.25) is 15.9 Å². The molecule has 0 heterocycles. The molecule has 6 nitrogen and oxygen atoms in total. The average Bonchev–Trinajstić information content (AvgIpc) is 2.74. The van der Waals surface area contributed by atoms with Gasteiger partial charge in [0.1, 0.15) is 0 Å². The van der Waals surface area contributed by atoms with E-state index in [1.807, 2.05) is 54.6 Å². The van der Waals surface area contributed by atoms with Crippen LogP contribution >= 0.6 is 11.8 Å². The Hall–Kier alpha value is -2.81. The number of para-hydroxylation sites is 1. The van der Waals surface area contributed by atoms with E-state index in [-0.39, 0.29) is 17.3 Å². The lowest BCUT2D eigenvalue weighted by Gasteiger charge is -2.13. The Morgan fingerprint density at radius 3 is 2.20 bits per heavy atom. The molecule has 0 fully saturated rings. The highest BCUT2D eigenvalue weighted by atomic mass is 32.2. The van der Waals surface area contributed by atoms with E-state index in [1.54, 1.807) is 23.9 Å². The molecule has 0 spiro atoms. The molecule has 0 radical (unpaired) electrons. The summed E-state index contributed by atoms with van der Waals surface area (Å²) < 4.78 is 25.4. The number of amides is 1. The van der Waals surface area contributed by atoms with Gasteiger partial charge in [-0.3, -0.25) is 4.79 Å². The summed E-state index contributed by atoms with van der Waals surface area (Å²) in [4.78, 5) is 14.7. The molecule has 0 aliphatic rings. The number of rotatable bonds is 8. The van der Waals surface area contributed by atoms with Gasteiger partial charge in [-0.1, -0.05) is 42.1 Å². The minimum atomic E-state index is -3.49. The summed E-state index contributed by atoms with van der Waals surface area (Å²) in [6.45, 7) is 0.0874. The molecule has 0 aliphatic heterocycles. The topological polar surface area (TPSA) is 78.5 Å². The number of carbonyl (C=O) groups is 1. The van der Waals surface area contributed by atoms with Crippen LogP contribution in [0.3, 0.4) is 0 Å². The molecule has 8 heteroatoms. The summed E-state index contributed by atoms with van der Waals surface area (Å²) in [6, 6.07) is 23.9. The summed E-state index contributed by atoms with van der Waals surface area (Å²) in [5.74, 6) is -0.224. The van der Waals surface area contributed by atoms with Crippen LogP contribution in [0.5, 0.6) is 0 Å². The maximum absolute atomic E-state index is 12.3. The molecular weight excluding hydrogens is 418 g/mol. The number of carbonyl (C=O) groups excluding carboxylic acids is 1. The van der Waals surface area contributed by atoms with Crippen LogP contribution in [0.2, 0.25) is 0 Å². The highest BCUT2D eigenvalue weighted by Crippen LogP contribution is 2.33. The van der Waals surface area contributed by atoms with Crippen LogP contribution in [0.4, 0.5) is 11.4 Å². The highest BCUT2D eigenvalue weighted by Gasteiger charge is 2.16. The minimum absolute atomic E-state index is 0.0874. The van der Waals surface area contributed by atoms with Crippen LogP contribution < -0.4 is 10.6 Å². The number of hydrogen-bond acceptors (Lipinski definition) is 5. The second-order valence-corrected chi connectivity index (χ2v) is 9.89. The fraction of sp³-hybridized carbons (Fsp3) is 0.136. The second kappa shape index (κ2) is 9.80. The zero-order chi connectivity index (χ0) is 21.6. The molecule has 0 bridgehead atoms. The van der Waals surface area contributed by atoms with Gasteiger partial charge in [-0.25, -0.2) is 12.7 Å². The van der Waals surface area contributed by atoms with Crippen molar-refractivity contribution >= 4 is 39.1 Å². The zero-order valence-corrected chi connectivity index (χ0v) is 18.3. The molecule has 2 N–H and O–H groups in total. The fourth-order valence-electron chi connectivity index (χ4n) is 2.62. The molecule has 0 aromatic heterocycles. The predicted octanol–water partition coefficient (Wildman–Crippen LogP) is 4.14. The van der Waals surface area contributed by atoms with Gasteiger partial charge in [-0.05, 0) is 48.5 Å². The lowest BCUT2D eigenvalue weighted by Crippen LogP contribution is -2.23. The maximum Gasteiger partial charge on any atom is 0.243 e. The summed E-state index contributed by atoms with van der Waals surface area (Å²) in [5, 5.41) is 5.94. The molecule has 156 valence electrons. The van der Waals surface area contributed by atoms with Gasteiger partial charge in [0, 0.05) is 35.3 Å². The first kappa shape index (κ1) is 21.9. The van der Waals surface area contributed by atoms with Gasteiger partial charge in [0.05, 0.1) is 11.4 Å². The molecule has 3 aromatic carbocycles. The van der Waals surface area contributed by atoms with Crippen molar-refractivity contribution in [3.05, 3.63) is 78.9 Å². The number of hydrogen-bond donors (Lipinski definition) is 2. The molecule has 0 atom stereocenters. The van der Waals surface area contributed by atoms with Crippen molar-refractivity contribution in [2.75, 3.05) is 31.3 Å². The van der Waals surface area contributed by atoms with Crippen molar-refractivity contribution < 1.29 is 13.2 Å². The lowest BCUT2D eigenvalue weighted by molar-refractivity contribution is -0.114. The largest absolute Gasteiger partial charge is 0.375 e. The van der Waals surface area contributed by atoms with Gasteiger partial charge < -0.3 is 10.6 Å². The summed E-state index contributed by atoms with van der Waals surface area (Å²) in [6.07, 6.45) is 0. The molecular formula is C22H23N3O3S2. The SMILES string of the molecule is CN(C)S(=O)(=O)c1ccc(NC(=O)CNc2ccccc2Sc2ccccc2)cc1. The van der Waals surface area contributed by atoms with Crippen molar-refractivity contribution in [2.24, 2.45) is 0 Å². The Morgan fingerprint density at radius 2 is 1.53 bits per heavy atom. The van der Waals surface area contributed by atoms with Gasteiger partial charge >= 0.3 is 0 Å². The van der Waals surface area contributed by atoms with E-state index < -0.39 is 10.0 Å². The molecule has 30 heavy (non-hydrogen) atoms. The van der Waals surface area contributed by atoms with Crippen LogP contribution in [0, 0.1) is 0 Å².